The number of ether oxygens (including phenoxy) is 1. The molecule has 0 bridgehead atoms. The predicted molar refractivity (Wildman–Crippen MR) is 70.4 cm³/mol. The number of imide groups is 1. The Morgan fingerprint density at radius 2 is 1.81 bits per heavy atom. The van der Waals surface area contributed by atoms with E-state index in [1.165, 1.54) is 6.92 Å². The molecule has 9 nitrogen and oxygen atoms in total. The fourth-order valence-corrected chi connectivity index (χ4v) is 1.90. The largest absolute Gasteiger partial charge is 0.480 e. The van der Waals surface area contributed by atoms with Crippen molar-refractivity contribution in [3.8, 4) is 0 Å². The van der Waals surface area contributed by atoms with Crippen LogP contribution >= 0.6 is 0 Å². The van der Waals surface area contributed by atoms with Crippen LogP contribution in [0.25, 0.3) is 0 Å². The highest BCUT2D eigenvalue weighted by Crippen LogP contribution is 2.08. The fourth-order valence-electron chi connectivity index (χ4n) is 1.90. The second-order valence-electron chi connectivity index (χ2n) is 4.66. The van der Waals surface area contributed by atoms with Gasteiger partial charge < -0.3 is 20.1 Å². The molecule has 1 atom stereocenters. The summed E-state index contributed by atoms with van der Waals surface area (Å²) in [5, 5.41) is 12.6. The van der Waals surface area contributed by atoms with Gasteiger partial charge in [0.05, 0.1) is 0 Å². The maximum absolute atomic E-state index is 11.9. The Morgan fingerprint density at radius 1 is 1.19 bits per heavy atom. The van der Waals surface area contributed by atoms with E-state index in [2.05, 4.69) is 10.1 Å². The van der Waals surface area contributed by atoms with Crippen LogP contribution in [0.4, 0.5) is 4.79 Å². The molecule has 0 aromatic rings. The van der Waals surface area contributed by atoms with Crippen molar-refractivity contribution >= 4 is 23.8 Å². The van der Waals surface area contributed by atoms with Crippen LogP contribution in [0.2, 0.25) is 0 Å². The lowest BCUT2D eigenvalue weighted by molar-refractivity contribution is -0.143. The maximum atomic E-state index is 11.9. The number of hydrogen-bond donors (Lipinski definition) is 3. The number of likely N-dealkylation sites (tertiary alicyclic amines) is 1. The monoisotopic (exact) mass is 301 g/mol. The van der Waals surface area contributed by atoms with Crippen molar-refractivity contribution in [1.82, 2.24) is 15.5 Å². The molecule has 118 valence electrons. The molecule has 0 aliphatic carbocycles. The first-order valence-corrected chi connectivity index (χ1v) is 6.59. The summed E-state index contributed by atoms with van der Waals surface area (Å²) < 4.78 is 4.52. The molecule has 0 aromatic carbocycles. The minimum atomic E-state index is -1.21. The summed E-state index contributed by atoms with van der Waals surface area (Å²) in [7, 11) is 0. The van der Waals surface area contributed by atoms with Crippen molar-refractivity contribution in [2.45, 2.75) is 25.8 Å². The molecule has 1 unspecified atom stereocenters. The van der Waals surface area contributed by atoms with Gasteiger partial charge in [-0.05, 0) is 19.8 Å². The minimum Gasteiger partial charge on any atom is -0.480 e. The quantitative estimate of drug-likeness (QED) is 0.573. The van der Waals surface area contributed by atoms with E-state index >= 15 is 0 Å². The van der Waals surface area contributed by atoms with Crippen molar-refractivity contribution in [2.24, 2.45) is 0 Å². The average Bonchev–Trinajstić information content (AvgIpc) is 2.90. The lowest BCUT2D eigenvalue weighted by atomic mass is 10.3. The number of carbonyl (C=O) groups excluding carboxylic acids is 3. The van der Waals surface area contributed by atoms with Crippen LogP contribution in [0.15, 0.2) is 0 Å². The second-order valence-corrected chi connectivity index (χ2v) is 4.66. The lowest BCUT2D eigenvalue weighted by Crippen LogP contribution is -2.50. The Bertz CT molecular complexity index is 419. The number of nitrogens with zero attached hydrogens (tertiary/aromatic N) is 1. The normalized spacial score (nSPS) is 15.4. The predicted octanol–water partition coefficient (Wildman–Crippen LogP) is -1.08. The highest BCUT2D eigenvalue weighted by molar-refractivity contribution is 5.97. The molecule has 1 aliphatic heterocycles. The Hall–Kier alpha value is -2.16. The Kier molecular flexibility index (Phi) is 6.60. The van der Waals surface area contributed by atoms with Crippen LogP contribution < -0.4 is 10.6 Å². The Morgan fingerprint density at radius 3 is 2.38 bits per heavy atom. The second kappa shape index (κ2) is 8.20. The van der Waals surface area contributed by atoms with Gasteiger partial charge in [0.25, 0.3) is 5.91 Å². The van der Waals surface area contributed by atoms with Crippen molar-refractivity contribution in [3.05, 3.63) is 0 Å². The number of carboxylic acids is 1. The van der Waals surface area contributed by atoms with Crippen molar-refractivity contribution < 1.29 is 29.0 Å². The third-order valence-corrected chi connectivity index (χ3v) is 2.85. The van der Waals surface area contributed by atoms with E-state index in [1.807, 2.05) is 5.32 Å². The summed E-state index contributed by atoms with van der Waals surface area (Å²) in [4.78, 5) is 46.5. The number of hydrogen-bond acceptors (Lipinski definition) is 5. The first-order chi connectivity index (χ1) is 9.90. The SMILES string of the molecule is CC(NC(=O)NC(=O)COCC(=O)O)C(=O)N1CCCC1. The number of rotatable bonds is 6. The number of urea groups is 1. The smallest absolute Gasteiger partial charge is 0.329 e. The molecule has 1 rings (SSSR count). The summed E-state index contributed by atoms with van der Waals surface area (Å²) in [5.74, 6) is -2.19. The van der Waals surface area contributed by atoms with Gasteiger partial charge in [-0.1, -0.05) is 0 Å². The summed E-state index contributed by atoms with van der Waals surface area (Å²) in [5.41, 5.74) is 0. The zero-order valence-corrected chi connectivity index (χ0v) is 11.8. The lowest BCUT2D eigenvalue weighted by Gasteiger charge is -2.21. The molecule has 1 aliphatic rings. The molecular weight excluding hydrogens is 282 g/mol. The molecule has 1 fully saturated rings. The standard InChI is InChI=1S/C12H19N3O6/c1-8(11(19)15-4-2-3-5-15)13-12(20)14-9(16)6-21-7-10(17)18/h8H,2-7H2,1H3,(H,17,18)(H2,13,14,16,20). The molecule has 1 saturated heterocycles. The van der Waals surface area contributed by atoms with Gasteiger partial charge in [-0.2, -0.15) is 0 Å². The van der Waals surface area contributed by atoms with Crippen LogP contribution in [0.3, 0.4) is 0 Å². The minimum absolute atomic E-state index is 0.197. The molecule has 21 heavy (non-hydrogen) atoms. The van der Waals surface area contributed by atoms with Crippen LogP contribution in [0, 0.1) is 0 Å². The van der Waals surface area contributed by atoms with Gasteiger partial charge in [-0.25, -0.2) is 9.59 Å². The van der Waals surface area contributed by atoms with Gasteiger partial charge in [-0.3, -0.25) is 14.9 Å². The maximum Gasteiger partial charge on any atom is 0.329 e. The zero-order valence-electron chi connectivity index (χ0n) is 11.8. The van der Waals surface area contributed by atoms with E-state index in [9.17, 15) is 19.2 Å². The molecule has 0 saturated carbocycles. The van der Waals surface area contributed by atoms with E-state index < -0.39 is 37.2 Å². The molecule has 0 aromatic heterocycles. The average molecular weight is 301 g/mol. The van der Waals surface area contributed by atoms with Crippen LogP contribution in [0.1, 0.15) is 19.8 Å². The number of carboxylic acid groups (broad SMARTS) is 1. The van der Waals surface area contributed by atoms with Crippen LogP contribution in [0.5, 0.6) is 0 Å². The third kappa shape index (κ3) is 6.21. The Labute approximate surface area is 121 Å². The zero-order chi connectivity index (χ0) is 15.8. The highest BCUT2D eigenvalue weighted by atomic mass is 16.5. The van der Waals surface area contributed by atoms with Crippen molar-refractivity contribution in [2.75, 3.05) is 26.3 Å². The van der Waals surface area contributed by atoms with E-state index in [0.29, 0.717) is 13.1 Å². The third-order valence-electron chi connectivity index (χ3n) is 2.85. The summed E-state index contributed by atoms with van der Waals surface area (Å²) in [6, 6.07) is -1.56. The summed E-state index contributed by atoms with van der Waals surface area (Å²) in [6.45, 7) is 1.71. The van der Waals surface area contributed by atoms with Gasteiger partial charge in [0.15, 0.2) is 0 Å². The molecule has 1 heterocycles. The fraction of sp³-hybridized carbons (Fsp3) is 0.667. The Balaban J connectivity index is 2.26. The molecule has 3 N–H and O–H groups in total. The van der Waals surface area contributed by atoms with E-state index in [4.69, 9.17) is 5.11 Å². The van der Waals surface area contributed by atoms with E-state index in [0.717, 1.165) is 12.8 Å². The molecular formula is C12H19N3O6. The molecule has 0 spiro atoms. The van der Waals surface area contributed by atoms with Crippen molar-refractivity contribution in [3.63, 3.8) is 0 Å². The first kappa shape index (κ1) is 16.9. The van der Waals surface area contributed by atoms with Gasteiger partial charge in [-0.15, -0.1) is 0 Å². The van der Waals surface area contributed by atoms with Gasteiger partial charge >= 0.3 is 12.0 Å². The van der Waals surface area contributed by atoms with Crippen LogP contribution in [-0.4, -0.2) is 66.2 Å². The molecule has 4 amide bonds. The number of amides is 4. The van der Waals surface area contributed by atoms with Gasteiger partial charge in [0, 0.05) is 13.1 Å². The summed E-state index contributed by atoms with van der Waals surface area (Å²) >= 11 is 0. The van der Waals surface area contributed by atoms with Crippen LogP contribution in [-0.2, 0) is 19.1 Å². The number of nitrogens with one attached hydrogen (secondary N) is 2. The number of carbonyl (C=O) groups is 4. The first-order valence-electron chi connectivity index (χ1n) is 6.59. The topological polar surface area (TPSA) is 125 Å². The highest BCUT2D eigenvalue weighted by Gasteiger charge is 2.24. The molecule has 0 radical (unpaired) electrons. The summed E-state index contributed by atoms with van der Waals surface area (Å²) in [6.07, 6.45) is 1.90. The number of aliphatic carboxylic acids is 1. The van der Waals surface area contributed by atoms with Gasteiger partial charge in [0.2, 0.25) is 5.91 Å². The molecule has 9 heteroatoms. The van der Waals surface area contributed by atoms with Crippen molar-refractivity contribution in [1.29, 1.82) is 0 Å². The van der Waals surface area contributed by atoms with E-state index in [1.54, 1.807) is 4.90 Å². The van der Waals surface area contributed by atoms with Gasteiger partial charge in [0.1, 0.15) is 19.3 Å². The van der Waals surface area contributed by atoms with E-state index in [-0.39, 0.29) is 5.91 Å².